The molecule has 2 heterocycles. The number of nitrogens with one attached hydrogen (secondary N) is 1. The van der Waals surface area contributed by atoms with E-state index in [0.29, 0.717) is 5.92 Å². The maximum atomic E-state index is 8.93. The van der Waals surface area contributed by atoms with Crippen molar-refractivity contribution < 1.29 is 0 Å². The molecule has 3 heteroatoms. The maximum absolute atomic E-state index is 8.93. The molecule has 0 aliphatic carbocycles. The first kappa shape index (κ1) is 8.33. The van der Waals surface area contributed by atoms with Crippen LogP contribution in [0.5, 0.6) is 0 Å². The van der Waals surface area contributed by atoms with Crippen LogP contribution < -0.4 is 5.32 Å². The topological polar surface area (TPSA) is 40.8 Å². The van der Waals surface area contributed by atoms with Crippen molar-refractivity contribution in [3.05, 3.63) is 24.0 Å². The summed E-state index contributed by atoms with van der Waals surface area (Å²) in [7, 11) is 2.03. The molecule has 1 saturated heterocycles. The van der Waals surface area contributed by atoms with Crippen LogP contribution in [0.1, 0.15) is 11.6 Å². The molecule has 0 radical (unpaired) electrons. The molecular weight excluding hydrogens is 162 g/mol. The Labute approximate surface area is 78.0 Å². The van der Waals surface area contributed by atoms with E-state index in [2.05, 4.69) is 22.0 Å². The second-order valence-electron chi connectivity index (χ2n) is 3.54. The first-order valence-corrected chi connectivity index (χ1v) is 4.54. The van der Waals surface area contributed by atoms with Gasteiger partial charge in [-0.3, -0.25) is 0 Å². The minimum Gasteiger partial charge on any atom is -0.354 e. The molecule has 0 aromatic carbocycles. The standard InChI is InChI=1S/C10H13N3/c1-13-4-2-3-10(13)9-7-12-6-8(9)5-11/h2-4,8-9,12H,6-7H2,1H3/t8-,9+/m1/s1. The third-order valence-corrected chi connectivity index (χ3v) is 2.74. The van der Waals surface area contributed by atoms with Gasteiger partial charge in [0.1, 0.15) is 0 Å². The lowest BCUT2D eigenvalue weighted by Gasteiger charge is -2.13. The summed E-state index contributed by atoms with van der Waals surface area (Å²) in [6.07, 6.45) is 2.03. The fraction of sp³-hybridized carbons (Fsp3) is 0.500. The van der Waals surface area contributed by atoms with Gasteiger partial charge in [0.25, 0.3) is 0 Å². The molecule has 1 N–H and O–H groups in total. The van der Waals surface area contributed by atoms with Gasteiger partial charge in [-0.05, 0) is 12.1 Å². The lowest BCUT2D eigenvalue weighted by Crippen LogP contribution is -2.12. The lowest BCUT2D eigenvalue weighted by atomic mass is 9.94. The zero-order chi connectivity index (χ0) is 9.26. The molecule has 0 unspecified atom stereocenters. The van der Waals surface area contributed by atoms with Crippen molar-refractivity contribution in [2.24, 2.45) is 13.0 Å². The Hall–Kier alpha value is -1.27. The number of hydrogen-bond donors (Lipinski definition) is 1. The van der Waals surface area contributed by atoms with Crippen LogP contribution in [0.3, 0.4) is 0 Å². The summed E-state index contributed by atoms with van der Waals surface area (Å²) in [5.74, 6) is 0.499. The molecule has 68 valence electrons. The van der Waals surface area contributed by atoms with Gasteiger partial charge in [0.05, 0.1) is 12.0 Å². The van der Waals surface area contributed by atoms with Crippen LogP contribution in [-0.4, -0.2) is 17.7 Å². The van der Waals surface area contributed by atoms with Gasteiger partial charge >= 0.3 is 0 Å². The van der Waals surface area contributed by atoms with Gasteiger partial charge in [0.15, 0.2) is 0 Å². The van der Waals surface area contributed by atoms with Gasteiger partial charge in [0, 0.05) is 37.9 Å². The van der Waals surface area contributed by atoms with E-state index in [0.717, 1.165) is 13.1 Å². The number of nitrogens with zero attached hydrogens (tertiary/aromatic N) is 2. The van der Waals surface area contributed by atoms with E-state index >= 15 is 0 Å². The summed E-state index contributed by atoms with van der Waals surface area (Å²) in [5, 5.41) is 12.2. The average molecular weight is 175 g/mol. The summed E-state index contributed by atoms with van der Waals surface area (Å²) in [4.78, 5) is 0. The highest BCUT2D eigenvalue weighted by Gasteiger charge is 2.29. The second-order valence-corrected chi connectivity index (χ2v) is 3.54. The minimum absolute atomic E-state index is 0.133. The fourth-order valence-corrected chi connectivity index (χ4v) is 1.98. The number of rotatable bonds is 1. The van der Waals surface area contributed by atoms with Crippen molar-refractivity contribution in [2.75, 3.05) is 13.1 Å². The van der Waals surface area contributed by atoms with E-state index in [4.69, 9.17) is 5.26 Å². The highest BCUT2D eigenvalue weighted by molar-refractivity contribution is 5.19. The molecule has 1 aromatic heterocycles. The molecular formula is C10H13N3. The largest absolute Gasteiger partial charge is 0.354 e. The molecule has 3 nitrogen and oxygen atoms in total. The Bertz CT molecular complexity index is 334. The van der Waals surface area contributed by atoms with Gasteiger partial charge in [-0.15, -0.1) is 0 Å². The highest BCUT2D eigenvalue weighted by atomic mass is 15.0. The van der Waals surface area contributed by atoms with Gasteiger partial charge < -0.3 is 9.88 Å². The van der Waals surface area contributed by atoms with E-state index < -0.39 is 0 Å². The Morgan fingerprint density at radius 3 is 3.08 bits per heavy atom. The zero-order valence-corrected chi connectivity index (χ0v) is 7.70. The Morgan fingerprint density at radius 1 is 1.62 bits per heavy atom. The molecule has 0 bridgehead atoms. The number of aromatic nitrogens is 1. The van der Waals surface area contributed by atoms with E-state index in [1.165, 1.54) is 5.69 Å². The fourth-order valence-electron chi connectivity index (χ4n) is 1.98. The second kappa shape index (κ2) is 3.23. The van der Waals surface area contributed by atoms with Gasteiger partial charge in [-0.2, -0.15) is 5.26 Å². The van der Waals surface area contributed by atoms with E-state index in [1.54, 1.807) is 0 Å². The normalized spacial score (nSPS) is 27.4. The summed E-state index contributed by atoms with van der Waals surface area (Å²) >= 11 is 0. The van der Waals surface area contributed by atoms with Crippen LogP contribution in [0.15, 0.2) is 18.3 Å². The van der Waals surface area contributed by atoms with E-state index in [-0.39, 0.29) is 5.92 Å². The van der Waals surface area contributed by atoms with Gasteiger partial charge in [0.2, 0.25) is 0 Å². The third kappa shape index (κ3) is 1.34. The molecule has 0 saturated carbocycles. The predicted octanol–water partition coefficient (Wildman–Crippen LogP) is 0.852. The molecule has 1 aromatic rings. The van der Waals surface area contributed by atoms with Crippen molar-refractivity contribution in [2.45, 2.75) is 5.92 Å². The number of nitriles is 1. The molecule has 1 aliphatic rings. The molecule has 0 spiro atoms. The predicted molar refractivity (Wildman–Crippen MR) is 50.1 cm³/mol. The van der Waals surface area contributed by atoms with Crippen LogP contribution >= 0.6 is 0 Å². The number of aryl methyl sites for hydroxylation is 1. The Balaban J connectivity index is 2.27. The number of hydrogen-bond acceptors (Lipinski definition) is 2. The Kier molecular flexibility index (Phi) is 2.07. The average Bonchev–Trinajstić information content (AvgIpc) is 2.71. The van der Waals surface area contributed by atoms with Crippen LogP contribution in [0, 0.1) is 17.2 Å². The quantitative estimate of drug-likeness (QED) is 0.687. The molecule has 2 rings (SSSR count). The van der Waals surface area contributed by atoms with E-state index in [9.17, 15) is 0 Å². The smallest absolute Gasteiger partial charge is 0.0683 e. The monoisotopic (exact) mass is 175 g/mol. The third-order valence-electron chi connectivity index (χ3n) is 2.74. The van der Waals surface area contributed by atoms with Crippen molar-refractivity contribution in [1.82, 2.24) is 9.88 Å². The minimum atomic E-state index is 0.133. The lowest BCUT2D eigenvalue weighted by molar-refractivity contribution is 0.603. The first-order chi connectivity index (χ1) is 6.33. The summed E-state index contributed by atoms with van der Waals surface area (Å²) in [6, 6.07) is 6.48. The van der Waals surface area contributed by atoms with Crippen LogP contribution in [-0.2, 0) is 7.05 Å². The molecule has 1 aliphatic heterocycles. The zero-order valence-electron chi connectivity index (χ0n) is 7.70. The summed E-state index contributed by atoms with van der Waals surface area (Å²) in [6.45, 7) is 1.75. The van der Waals surface area contributed by atoms with E-state index in [1.807, 2.05) is 19.3 Å². The molecule has 13 heavy (non-hydrogen) atoms. The van der Waals surface area contributed by atoms with Gasteiger partial charge in [-0.25, -0.2) is 0 Å². The maximum Gasteiger partial charge on any atom is 0.0683 e. The first-order valence-electron chi connectivity index (χ1n) is 4.54. The highest BCUT2D eigenvalue weighted by Crippen LogP contribution is 2.27. The van der Waals surface area contributed by atoms with Crippen LogP contribution in [0.25, 0.3) is 0 Å². The van der Waals surface area contributed by atoms with Crippen molar-refractivity contribution in [1.29, 1.82) is 5.26 Å². The Morgan fingerprint density at radius 2 is 2.46 bits per heavy atom. The van der Waals surface area contributed by atoms with Crippen molar-refractivity contribution >= 4 is 0 Å². The SMILES string of the molecule is Cn1cccc1[C@H]1CNC[C@H]1C#N. The molecule has 2 atom stereocenters. The van der Waals surface area contributed by atoms with Crippen molar-refractivity contribution in [3.63, 3.8) is 0 Å². The van der Waals surface area contributed by atoms with Crippen molar-refractivity contribution in [3.8, 4) is 6.07 Å². The summed E-state index contributed by atoms with van der Waals surface area (Å²) < 4.78 is 2.10. The van der Waals surface area contributed by atoms with Crippen LogP contribution in [0.4, 0.5) is 0 Å². The molecule has 1 fully saturated rings. The molecule has 0 amide bonds. The summed E-state index contributed by atoms with van der Waals surface area (Å²) in [5.41, 5.74) is 1.26. The van der Waals surface area contributed by atoms with Gasteiger partial charge in [-0.1, -0.05) is 0 Å². The van der Waals surface area contributed by atoms with Crippen LogP contribution in [0.2, 0.25) is 0 Å².